The minimum atomic E-state index is -1.45. The van der Waals surface area contributed by atoms with Crippen LogP contribution in [0.25, 0.3) is 0 Å². The Morgan fingerprint density at radius 2 is 0.844 bits per heavy atom. The first kappa shape index (κ1) is 22.6. The summed E-state index contributed by atoms with van der Waals surface area (Å²) >= 11 is 0. The van der Waals surface area contributed by atoms with E-state index in [1.165, 1.54) is 0 Å². The third kappa shape index (κ3) is 4.21. The van der Waals surface area contributed by atoms with Gasteiger partial charge in [-0.1, -0.05) is 24.3 Å². The molecule has 162 valence electrons. The second-order valence-corrected chi connectivity index (χ2v) is 7.81. The first-order chi connectivity index (χ1) is 15.0. The molecule has 0 bridgehead atoms. The Kier molecular flexibility index (Phi) is 6.07. The molecule has 0 fully saturated rings. The van der Waals surface area contributed by atoms with E-state index in [9.17, 15) is 29.4 Å². The summed E-state index contributed by atoms with van der Waals surface area (Å²) in [4.78, 5) is 50.1. The number of aromatic carboxylic acids is 2. The molecule has 0 saturated carbocycles. The molecule has 0 aliphatic rings. The molecule has 6 nitrogen and oxygen atoms in total. The van der Waals surface area contributed by atoms with E-state index in [-0.39, 0.29) is 22.3 Å². The van der Waals surface area contributed by atoms with Gasteiger partial charge >= 0.3 is 11.9 Å². The third-order valence-corrected chi connectivity index (χ3v) is 5.65. The summed E-state index contributed by atoms with van der Waals surface area (Å²) in [5, 5.41) is 19.3. The number of benzene rings is 3. The number of carbonyl (C=O) groups is 4. The smallest absolute Gasteiger partial charge is 0.336 e. The zero-order valence-corrected chi connectivity index (χ0v) is 18.1. The maximum Gasteiger partial charge on any atom is 0.336 e. The second kappa shape index (κ2) is 8.59. The molecule has 6 heteroatoms. The number of hydrogen-bond acceptors (Lipinski definition) is 4. The minimum absolute atomic E-state index is 0.238. The highest BCUT2D eigenvalue weighted by Crippen LogP contribution is 2.25. The molecule has 0 amide bonds. The normalized spacial score (nSPS) is 10.6. The molecule has 32 heavy (non-hydrogen) atoms. The number of rotatable bonds is 6. The lowest BCUT2D eigenvalue weighted by Crippen LogP contribution is -2.17. The fraction of sp³-hybridized carbons (Fsp3) is 0.154. The van der Waals surface area contributed by atoms with Crippen LogP contribution in [0, 0.1) is 27.7 Å². The second-order valence-electron chi connectivity index (χ2n) is 7.81. The van der Waals surface area contributed by atoms with Crippen LogP contribution >= 0.6 is 0 Å². The van der Waals surface area contributed by atoms with Gasteiger partial charge in [-0.15, -0.1) is 0 Å². The van der Waals surface area contributed by atoms with E-state index >= 15 is 0 Å². The Bertz CT molecular complexity index is 1200. The monoisotopic (exact) mass is 430 g/mol. The van der Waals surface area contributed by atoms with Gasteiger partial charge in [-0.3, -0.25) is 9.59 Å². The van der Waals surface area contributed by atoms with Crippen LogP contribution in [-0.2, 0) is 0 Å². The number of hydrogen-bond donors (Lipinski definition) is 2. The molecule has 3 aromatic carbocycles. The molecule has 3 aromatic rings. The molecule has 0 atom stereocenters. The highest BCUT2D eigenvalue weighted by Gasteiger charge is 2.27. The first-order valence-corrected chi connectivity index (χ1v) is 9.89. The van der Waals surface area contributed by atoms with Crippen LogP contribution in [0.5, 0.6) is 0 Å². The summed E-state index contributed by atoms with van der Waals surface area (Å²) < 4.78 is 0. The van der Waals surface area contributed by atoms with Gasteiger partial charge < -0.3 is 10.2 Å². The lowest BCUT2D eigenvalue weighted by atomic mass is 9.89. The molecule has 0 saturated heterocycles. The van der Waals surface area contributed by atoms with E-state index in [0.717, 1.165) is 34.4 Å². The van der Waals surface area contributed by atoms with Crippen molar-refractivity contribution in [2.75, 3.05) is 0 Å². The summed E-state index contributed by atoms with van der Waals surface area (Å²) in [6.07, 6.45) is 0. The molecule has 0 unspecified atom stereocenters. The highest BCUT2D eigenvalue weighted by molar-refractivity contribution is 6.20. The van der Waals surface area contributed by atoms with E-state index < -0.39 is 34.6 Å². The number of carboxylic acids is 2. The van der Waals surface area contributed by atoms with Gasteiger partial charge in [0.25, 0.3) is 0 Å². The lowest BCUT2D eigenvalue weighted by molar-refractivity contribution is 0.0690. The third-order valence-electron chi connectivity index (χ3n) is 5.65. The van der Waals surface area contributed by atoms with Gasteiger partial charge in [0.15, 0.2) is 11.6 Å². The van der Waals surface area contributed by atoms with Crippen molar-refractivity contribution in [3.05, 3.63) is 104 Å². The van der Waals surface area contributed by atoms with Crippen molar-refractivity contribution in [3.8, 4) is 0 Å². The molecule has 0 radical (unpaired) electrons. The average molecular weight is 430 g/mol. The minimum Gasteiger partial charge on any atom is -0.478 e. The summed E-state index contributed by atoms with van der Waals surface area (Å²) in [5.41, 5.74) is 2.72. The molecule has 3 rings (SSSR count). The maximum absolute atomic E-state index is 13.2. The number of aryl methyl sites for hydroxylation is 4. The predicted octanol–water partition coefficient (Wildman–Crippen LogP) is 4.78. The zero-order chi connectivity index (χ0) is 23.7. The van der Waals surface area contributed by atoms with Crippen LogP contribution in [0.3, 0.4) is 0 Å². The van der Waals surface area contributed by atoms with Gasteiger partial charge in [0, 0.05) is 22.3 Å². The number of carboxylic acid groups (broad SMARTS) is 2. The van der Waals surface area contributed by atoms with Crippen LogP contribution in [0.15, 0.2) is 48.5 Å². The van der Waals surface area contributed by atoms with Crippen LogP contribution in [0.1, 0.15) is 74.8 Å². The zero-order valence-electron chi connectivity index (χ0n) is 18.1. The van der Waals surface area contributed by atoms with Crippen molar-refractivity contribution in [2.45, 2.75) is 27.7 Å². The lowest BCUT2D eigenvalue weighted by Gasteiger charge is -2.13. The van der Waals surface area contributed by atoms with E-state index in [0.29, 0.717) is 0 Å². The Hall–Kier alpha value is -4.06. The van der Waals surface area contributed by atoms with E-state index in [2.05, 4.69) is 0 Å². The quantitative estimate of drug-likeness (QED) is 0.545. The van der Waals surface area contributed by atoms with Crippen LogP contribution in [-0.4, -0.2) is 33.7 Å². The van der Waals surface area contributed by atoms with Crippen molar-refractivity contribution >= 4 is 23.5 Å². The number of carbonyl (C=O) groups excluding carboxylic acids is 2. The summed E-state index contributed by atoms with van der Waals surface area (Å²) in [5.74, 6) is -4.11. The molecule has 0 aliphatic carbocycles. The SMILES string of the molecule is Cc1ccc(C(=O)c2cc(C(=O)c3ccc(C)c(C)c3)c(C(=O)O)cc2C(=O)O)cc1C. The molecule has 0 heterocycles. The Morgan fingerprint density at radius 3 is 1.16 bits per heavy atom. The maximum atomic E-state index is 13.2. The number of ketones is 2. The standard InChI is InChI=1S/C26H22O6/c1-13-5-7-17(9-15(13)3)23(27)19-11-20(22(26(31)32)12-21(19)25(29)30)24(28)18-8-6-14(2)16(4)10-18/h5-12H,1-4H3,(H,29,30)(H,31,32). The fourth-order valence-electron chi connectivity index (χ4n) is 3.41. The Labute approximate surface area is 185 Å². The molecular formula is C26H22O6. The van der Waals surface area contributed by atoms with E-state index in [1.807, 2.05) is 27.7 Å². The molecule has 0 spiro atoms. The molecule has 0 aliphatic heterocycles. The van der Waals surface area contributed by atoms with Gasteiger partial charge in [0.1, 0.15) is 0 Å². The van der Waals surface area contributed by atoms with Gasteiger partial charge in [-0.05, 0) is 74.2 Å². The Balaban J connectivity index is 2.25. The molecular weight excluding hydrogens is 408 g/mol. The van der Waals surface area contributed by atoms with Crippen molar-refractivity contribution in [1.82, 2.24) is 0 Å². The van der Waals surface area contributed by atoms with Crippen molar-refractivity contribution in [2.24, 2.45) is 0 Å². The van der Waals surface area contributed by atoms with Gasteiger partial charge in [-0.25, -0.2) is 9.59 Å². The highest BCUT2D eigenvalue weighted by atomic mass is 16.4. The van der Waals surface area contributed by atoms with Gasteiger partial charge in [0.2, 0.25) is 0 Å². The van der Waals surface area contributed by atoms with E-state index in [4.69, 9.17) is 0 Å². The first-order valence-electron chi connectivity index (χ1n) is 9.89. The van der Waals surface area contributed by atoms with Crippen LogP contribution < -0.4 is 0 Å². The van der Waals surface area contributed by atoms with Crippen molar-refractivity contribution < 1.29 is 29.4 Å². The van der Waals surface area contributed by atoms with Crippen molar-refractivity contribution in [1.29, 1.82) is 0 Å². The molecule has 2 N–H and O–H groups in total. The van der Waals surface area contributed by atoms with Gasteiger partial charge in [0.05, 0.1) is 11.1 Å². The van der Waals surface area contributed by atoms with Gasteiger partial charge in [-0.2, -0.15) is 0 Å². The summed E-state index contributed by atoms with van der Waals surface area (Å²) in [6.45, 7) is 7.42. The average Bonchev–Trinajstić information content (AvgIpc) is 2.75. The molecule has 0 aromatic heterocycles. The summed E-state index contributed by atoms with van der Waals surface area (Å²) in [7, 11) is 0. The van der Waals surface area contributed by atoms with Crippen LogP contribution in [0.4, 0.5) is 0 Å². The summed E-state index contributed by atoms with van der Waals surface area (Å²) in [6, 6.07) is 11.9. The predicted molar refractivity (Wildman–Crippen MR) is 119 cm³/mol. The van der Waals surface area contributed by atoms with Crippen molar-refractivity contribution in [3.63, 3.8) is 0 Å². The van der Waals surface area contributed by atoms with Crippen LogP contribution in [0.2, 0.25) is 0 Å². The largest absolute Gasteiger partial charge is 0.478 e. The Morgan fingerprint density at radius 1 is 0.500 bits per heavy atom. The fourth-order valence-corrected chi connectivity index (χ4v) is 3.41. The topological polar surface area (TPSA) is 109 Å². The van der Waals surface area contributed by atoms with E-state index in [1.54, 1.807) is 36.4 Å².